The molecule has 0 amide bonds. The van der Waals surface area contributed by atoms with Gasteiger partial charge >= 0.3 is 29.6 Å². The van der Waals surface area contributed by atoms with Gasteiger partial charge in [-0.15, -0.1) is 0 Å². The molecule has 1 aliphatic carbocycles. The van der Waals surface area contributed by atoms with Crippen molar-refractivity contribution >= 4 is 11.8 Å². The number of aryl methyl sites for hydroxylation is 1. The molecule has 0 fully saturated rings. The summed E-state index contributed by atoms with van der Waals surface area (Å²) in [5.74, 6) is -1.09. The second-order valence-corrected chi connectivity index (χ2v) is 3.42. The van der Waals surface area contributed by atoms with E-state index in [2.05, 4.69) is 0 Å². The Kier molecular flexibility index (Phi) is 3.76. The average molecular weight is 216 g/mol. The van der Waals surface area contributed by atoms with Gasteiger partial charge in [0.05, 0.1) is 5.56 Å². The fourth-order valence-corrected chi connectivity index (χ4v) is 1.84. The van der Waals surface area contributed by atoms with Crippen LogP contribution in [-0.2, 0) is 6.42 Å². The minimum atomic E-state index is -1.36. The van der Waals surface area contributed by atoms with Crippen molar-refractivity contribution in [1.82, 2.24) is 0 Å². The number of Topliss-reactive ketones (excluding diaryl/α,β-unsaturated/α-hetero) is 1. The summed E-state index contributed by atoms with van der Waals surface area (Å²) in [5, 5.41) is 10.6. The Hall–Kier alpha value is -0.580. The van der Waals surface area contributed by atoms with Crippen molar-refractivity contribution in [3.63, 3.8) is 0 Å². The number of carboxylic acid groups (broad SMARTS) is 1. The molecule has 0 spiro atoms. The van der Waals surface area contributed by atoms with E-state index in [0.717, 1.165) is 6.42 Å². The van der Waals surface area contributed by atoms with Gasteiger partial charge in [0, 0.05) is 18.4 Å². The molecular formula is C10H9NaO4. The summed E-state index contributed by atoms with van der Waals surface area (Å²) in [6, 6.07) is 0. The molecule has 0 saturated carbocycles. The quantitative estimate of drug-likeness (QED) is 0.485. The molecule has 1 aromatic rings. The second-order valence-electron chi connectivity index (χ2n) is 3.42. The molecule has 4 nitrogen and oxygen atoms in total. The molecule has 1 heterocycles. The third kappa shape index (κ3) is 2.02. The number of furan rings is 1. The van der Waals surface area contributed by atoms with Crippen LogP contribution >= 0.6 is 0 Å². The molecule has 0 aliphatic heterocycles. The van der Waals surface area contributed by atoms with Crippen LogP contribution in [0.5, 0.6) is 0 Å². The summed E-state index contributed by atoms with van der Waals surface area (Å²) >= 11 is 0. The number of rotatable bonds is 1. The minimum Gasteiger partial charge on any atom is -0.542 e. The van der Waals surface area contributed by atoms with E-state index in [4.69, 9.17) is 4.42 Å². The van der Waals surface area contributed by atoms with E-state index in [9.17, 15) is 14.7 Å². The van der Waals surface area contributed by atoms with Gasteiger partial charge in [-0.3, -0.25) is 4.79 Å². The van der Waals surface area contributed by atoms with Gasteiger partial charge < -0.3 is 14.3 Å². The number of carbonyl (C=O) groups excluding carboxylic acids is 2. The third-order valence-electron chi connectivity index (χ3n) is 2.49. The Morgan fingerprint density at radius 2 is 2.07 bits per heavy atom. The van der Waals surface area contributed by atoms with E-state index in [-0.39, 0.29) is 41.1 Å². The molecule has 0 N–H and O–H groups in total. The summed E-state index contributed by atoms with van der Waals surface area (Å²) in [4.78, 5) is 22.1. The standard InChI is InChI=1S/C10H10O4.Na/c1-5-8-6(11)3-2-4-7(8)14-9(5)10(12)13;/h2-4H2,1H3,(H,12,13);/q;+1/p-1. The van der Waals surface area contributed by atoms with E-state index in [1.165, 1.54) is 0 Å². The van der Waals surface area contributed by atoms with Crippen molar-refractivity contribution in [2.24, 2.45) is 0 Å². The number of hydrogen-bond donors (Lipinski definition) is 0. The van der Waals surface area contributed by atoms with Gasteiger partial charge in [-0.05, 0) is 13.3 Å². The summed E-state index contributed by atoms with van der Waals surface area (Å²) in [5.41, 5.74) is 0.861. The maximum Gasteiger partial charge on any atom is 1.00 e. The first kappa shape index (κ1) is 12.5. The van der Waals surface area contributed by atoms with Crippen LogP contribution in [0.15, 0.2) is 4.42 Å². The third-order valence-corrected chi connectivity index (χ3v) is 2.49. The number of ketones is 1. The maximum atomic E-state index is 11.5. The van der Waals surface area contributed by atoms with Gasteiger partial charge in [-0.2, -0.15) is 0 Å². The van der Waals surface area contributed by atoms with Crippen molar-refractivity contribution in [2.45, 2.75) is 26.2 Å². The topological polar surface area (TPSA) is 70.3 Å². The molecule has 0 aromatic carbocycles. The minimum absolute atomic E-state index is 0. The average Bonchev–Trinajstić information content (AvgIpc) is 2.45. The first-order valence-corrected chi connectivity index (χ1v) is 4.48. The second kappa shape index (κ2) is 4.51. The molecule has 0 unspecified atom stereocenters. The van der Waals surface area contributed by atoms with Crippen LogP contribution in [0.3, 0.4) is 0 Å². The molecule has 1 aliphatic rings. The molecule has 0 bridgehead atoms. The van der Waals surface area contributed by atoms with Crippen LogP contribution in [-0.4, -0.2) is 11.8 Å². The Bertz CT molecular complexity index is 419. The van der Waals surface area contributed by atoms with Crippen LogP contribution in [0.1, 0.15) is 45.1 Å². The normalized spacial score (nSPS) is 14.3. The van der Waals surface area contributed by atoms with Gasteiger partial charge in [0.2, 0.25) is 0 Å². The molecule has 1 aromatic heterocycles. The fraction of sp³-hybridized carbons (Fsp3) is 0.400. The van der Waals surface area contributed by atoms with Crippen molar-refractivity contribution in [3.05, 3.63) is 22.6 Å². The summed E-state index contributed by atoms with van der Waals surface area (Å²) in [6.07, 6.45) is 1.83. The zero-order valence-corrected chi connectivity index (χ0v) is 10.8. The molecule has 0 radical (unpaired) electrons. The van der Waals surface area contributed by atoms with Crippen molar-refractivity contribution < 1.29 is 48.7 Å². The van der Waals surface area contributed by atoms with Crippen LogP contribution in [0, 0.1) is 6.92 Å². The zero-order chi connectivity index (χ0) is 10.3. The van der Waals surface area contributed by atoms with Crippen LogP contribution < -0.4 is 34.7 Å². The first-order chi connectivity index (χ1) is 6.61. The van der Waals surface area contributed by atoms with Gasteiger partial charge in [0.1, 0.15) is 11.7 Å². The summed E-state index contributed by atoms with van der Waals surface area (Å²) < 4.78 is 5.09. The summed E-state index contributed by atoms with van der Waals surface area (Å²) in [6.45, 7) is 1.58. The number of carbonyl (C=O) groups is 2. The smallest absolute Gasteiger partial charge is 0.542 e. The number of hydrogen-bond acceptors (Lipinski definition) is 4. The molecular weight excluding hydrogens is 207 g/mol. The molecule has 2 rings (SSSR count). The Balaban J connectivity index is 0.00000112. The maximum absolute atomic E-state index is 11.5. The van der Waals surface area contributed by atoms with Crippen molar-refractivity contribution in [1.29, 1.82) is 0 Å². The van der Waals surface area contributed by atoms with E-state index < -0.39 is 5.97 Å². The van der Waals surface area contributed by atoms with Gasteiger partial charge in [-0.1, -0.05) is 0 Å². The van der Waals surface area contributed by atoms with Crippen LogP contribution in [0.2, 0.25) is 0 Å². The van der Waals surface area contributed by atoms with E-state index in [1.807, 2.05) is 0 Å². The Morgan fingerprint density at radius 3 is 2.60 bits per heavy atom. The Morgan fingerprint density at radius 1 is 1.40 bits per heavy atom. The van der Waals surface area contributed by atoms with E-state index in [1.54, 1.807) is 6.92 Å². The van der Waals surface area contributed by atoms with E-state index in [0.29, 0.717) is 29.7 Å². The largest absolute Gasteiger partial charge is 1.00 e. The van der Waals surface area contributed by atoms with Gasteiger partial charge in [0.15, 0.2) is 11.5 Å². The molecule has 0 atom stereocenters. The molecule has 15 heavy (non-hydrogen) atoms. The van der Waals surface area contributed by atoms with E-state index >= 15 is 0 Å². The van der Waals surface area contributed by atoms with Crippen LogP contribution in [0.25, 0.3) is 0 Å². The Labute approximate surface area is 109 Å². The molecule has 0 saturated heterocycles. The predicted molar refractivity (Wildman–Crippen MR) is 45.0 cm³/mol. The van der Waals surface area contributed by atoms with Gasteiger partial charge in [0.25, 0.3) is 0 Å². The van der Waals surface area contributed by atoms with Crippen molar-refractivity contribution in [2.75, 3.05) is 0 Å². The monoisotopic (exact) mass is 216 g/mol. The number of fused-ring (bicyclic) bond motifs is 1. The molecule has 5 heteroatoms. The number of carboxylic acids is 1. The van der Waals surface area contributed by atoms with Gasteiger partial charge in [-0.25, -0.2) is 0 Å². The number of aromatic carboxylic acids is 1. The predicted octanol–water partition coefficient (Wildman–Crippen LogP) is -2.53. The molecule has 74 valence electrons. The first-order valence-electron chi connectivity index (χ1n) is 4.48. The summed E-state index contributed by atoms with van der Waals surface area (Å²) in [7, 11) is 0. The SMILES string of the molecule is Cc1c(C(=O)[O-])oc2c1C(=O)CCC2.[Na+]. The van der Waals surface area contributed by atoms with Crippen LogP contribution in [0.4, 0.5) is 0 Å². The zero-order valence-electron chi connectivity index (χ0n) is 8.75. The van der Waals surface area contributed by atoms with Crippen molar-refractivity contribution in [3.8, 4) is 0 Å². The fourth-order valence-electron chi connectivity index (χ4n) is 1.84.